The Hall–Kier alpha value is -2.06. The fraction of sp³-hybridized carbons (Fsp3) is 0.118. The van der Waals surface area contributed by atoms with Gasteiger partial charge < -0.3 is 4.74 Å². The van der Waals surface area contributed by atoms with Crippen molar-refractivity contribution >= 4 is 23.5 Å². The maximum atomic E-state index is 12.0. The normalized spacial score (nSPS) is 10.7. The summed E-state index contributed by atoms with van der Waals surface area (Å²) in [6, 6.07) is 14.5. The van der Waals surface area contributed by atoms with Gasteiger partial charge in [0.05, 0.1) is 6.61 Å². The van der Waals surface area contributed by atoms with Crippen LogP contribution in [-0.4, -0.2) is 12.4 Å². The first-order chi connectivity index (χ1) is 9.69. The fourth-order valence-corrected chi connectivity index (χ4v) is 1.96. The van der Waals surface area contributed by atoms with Crippen molar-refractivity contribution < 1.29 is 9.53 Å². The average Bonchev–Trinajstić information content (AvgIpc) is 2.46. The molecule has 0 aliphatic heterocycles. The van der Waals surface area contributed by atoms with E-state index < -0.39 is 0 Å². The van der Waals surface area contributed by atoms with Gasteiger partial charge in [0.2, 0.25) is 0 Å². The van der Waals surface area contributed by atoms with E-state index in [-0.39, 0.29) is 5.78 Å². The molecule has 0 atom stereocenters. The third-order valence-corrected chi connectivity index (χ3v) is 2.96. The van der Waals surface area contributed by atoms with Gasteiger partial charge in [0.1, 0.15) is 5.75 Å². The van der Waals surface area contributed by atoms with Crippen molar-refractivity contribution in [2.75, 3.05) is 6.61 Å². The Balaban J connectivity index is 2.07. The number of halogens is 1. The molecule has 0 amide bonds. The van der Waals surface area contributed by atoms with Crippen LogP contribution in [0.4, 0.5) is 0 Å². The highest BCUT2D eigenvalue weighted by Gasteiger charge is 2.02. The van der Waals surface area contributed by atoms with E-state index >= 15 is 0 Å². The lowest BCUT2D eigenvalue weighted by Crippen LogP contribution is -1.95. The molecule has 2 rings (SSSR count). The van der Waals surface area contributed by atoms with Crippen LogP contribution in [-0.2, 0) is 0 Å². The van der Waals surface area contributed by atoms with Gasteiger partial charge in [0.15, 0.2) is 5.78 Å². The lowest BCUT2D eigenvalue weighted by atomic mass is 10.1. The Morgan fingerprint density at radius 3 is 2.60 bits per heavy atom. The molecule has 2 aromatic carbocycles. The molecule has 0 aliphatic rings. The molecule has 0 unspecified atom stereocenters. The number of carbonyl (C=O) groups is 1. The smallest absolute Gasteiger partial charge is 0.185 e. The number of carbonyl (C=O) groups excluding carboxylic acids is 1. The van der Waals surface area contributed by atoms with E-state index in [4.69, 9.17) is 16.3 Å². The van der Waals surface area contributed by atoms with Gasteiger partial charge in [-0.05, 0) is 55.0 Å². The van der Waals surface area contributed by atoms with Crippen molar-refractivity contribution in [3.05, 3.63) is 70.8 Å². The largest absolute Gasteiger partial charge is 0.494 e. The summed E-state index contributed by atoms with van der Waals surface area (Å²) in [7, 11) is 0. The van der Waals surface area contributed by atoms with Gasteiger partial charge in [-0.25, -0.2) is 0 Å². The van der Waals surface area contributed by atoms with E-state index in [1.807, 2.05) is 25.1 Å². The number of hydrogen-bond donors (Lipinski definition) is 0. The summed E-state index contributed by atoms with van der Waals surface area (Å²) in [6.45, 7) is 2.54. The second-order valence-corrected chi connectivity index (χ2v) is 4.65. The van der Waals surface area contributed by atoms with Gasteiger partial charge in [0.25, 0.3) is 0 Å². The van der Waals surface area contributed by atoms with Crippen LogP contribution < -0.4 is 4.74 Å². The van der Waals surface area contributed by atoms with Crippen LogP contribution in [0.2, 0.25) is 5.02 Å². The summed E-state index contributed by atoms with van der Waals surface area (Å²) in [4.78, 5) is 12.0. The molecule has 2 nitrogen and oxygen atoms in total. The molecule has 0 aromatic heterocycles. The molecule has 0 aliphatic carbocycles. The molecule has 2 aromatic rings. The molecule has 0 radical (unpaired) electrons. The van der Waals surface area contributed by atoms with Gasteiger partial charge in [-0.3, -0.25) is 4.79 Å². The minimum atomic E-state index is -0.0481. The first-order valence-corrected chi connectivity index (χ1v) is 6.77. The molecule has 0 bridgehead atoms. The zero-order chi connectivity index (χ0) is 14.4. The highest BCUT2D eigenvalue weighted by molar-refractivity contribution is 6.30. The third-order valence-electron chi connectivity index (χ3n) is 2.73. The molecule has 20 heavy (non-hydrogen) atoms. The van der Waals surface area contributed by atoms with E-state index in [0.29, 0.717) is 17.2 Å². The van der Waals surface area contributed by atoms with Crippen LogP contribution in [0.3, 0.4) is 0 Å². The maximum Gasteiger partial charge on any atom is 0.185 e. The molecule has 102 valence electrons. The summed E-state index contributed by atoms with van der Waals surface area (Å²) in [6.07, 6.45) is 3.30. The van der Waals surface area contributed by atoms with Crippen molar-refractivity contribution in [1.82, 2.24) is 0 Å². The van der Waals surface area contributed by atoms with Crippen LogP contribution >= 0.6 is 11.6 Å². The number of benzene rings is 2. The van der Waals surface area contributed by atoms with E-state index in [1.54, 1.807) is 42.5 Å². The van der Waals surface area contributed by atoms with Crippen LogP contribution in [0, 0.1) is 0 Å². The number of ether oxygens (including phenoxy) is 1. The number of allylic oxidation sites excluding steroid dienone is 1. The fourth-order valence-electron chi connectivity index (χ4n) is 1.76. The zero-order valence-corrected chi connectivity index (χ0v) is 11.9. The molecular formula is C17H15ClO2. The Kier molecular flexibility index (Phi) is 4.97. The molecule has 0 N–H and O–H groups in total. The highest BCUT2D eigenvalue weighted by Crippen LogP contribution is 2.15. The number of ketones is 1. The van der Waals surface area contributed by atoms with Gasteiger partial charge >= 0.3 is 0 Å². The first kappa shape index (κ1) is 14.4. The monoisotopic (exact) mass is 286 g/mol. The molecule has 0 saturated heterocycles. The van der Waals surface area contributed by atoms with Gasteiger partial charge in [-0.2, -0.15) is 0 Å². The Bertz CT molecular complexity index is 615. The molecule has 0 spiro atoms. The highest BCUT2D eigenvalue weighted by atomic mass is 35.5. The predicted octanol–water partition coefficient (Wildman–Crippen LogP) is 4.63. The SMILES string of the molecule is CCOc1ccc(C(=O)/C=C/c2cccc(Cl)c2)cc1. The summed E-state index contributed by atoms with van der Waals surface area (Å²) in [5.41, 5.74) is 1.53. The average molecular weight is 287 g/mol. The Labute approximate surface area is 123 Å². The molecular weight excluding hydrogens is 272 g/mol. The summed E-state index contributed by atoms with van der Waals surface area (Å²) in [5, 5.41) is 0.653. The van der Waals surface area contributed by atoms with Gasteiger partial charge in [-0.1, -0.05) is 29.8 Å². The zero-order valence-electron chi connectivity index (χ0n) is 11.2. The Morgan fingerprint density at radius 1 is 1.20 bits per heavy atom. The molecule has 0 saturated carbocycles. The second-order valence-electron chi connectivity index (χ2n) is 4.21. The Morgan fingerprint density at radius 2 is 1.95 bits per heavy atom. The minimum absolute atomic E-state index is 0.0481. The van der Waals surface area contributed by atoms with Crippen molar-refractivity contribution in [3.63, 3.8) is 0 Å². The second kappa shape index (κ2) is 6.92. The van der Waals surface area contributed by atoms with E-state index in [1.165, 1.54) is 0 Å². The van der Waals surface area contributed by atoms with Crippen molar-refractivity contribution in [1.29, 1.82) is 0 Å². The number of hydrogen-bond acceptors (Lipinski definition) is 2. The van der Waals surface area contributed by atoms with Crippen LogP contribution in [0.1, 0.15) is 22.8 Å². The van der Waals surface area contributed by atoms with Crippen LogP contribution in [0.25, 0.3) is 6.08 Å². The lowest BCUT2D eigenvalue weighted by Gasteiger charge is -2.02. The van der Waals surface area contributed by atoms with Crippen molar-refractivity contribution in [2.24, 2.45) is 0 Å². The number of rotatable bonds is 5. The topological polar surface area (TPSA) is 26.3 Å². The van der Waals surface area contributed by atoms with Crippen molar-refractivity contribution in [2.45, 2.75) is 6.92 Å². The van der Waals surface area contributed by atoms with Gasteiger partial charge in [0, 0.05) is 10.6 Å². The lowest BCUT2D eigenvalue weighted by molar-refractivity contribution is 0.104. The van der Waals surface area contributed by atoms with E-state index in [9.17, 15) is 4.79 Å². The summed E-state index contributed by atoms with van der Waals surface area (Å²) < 4.78 is 5.34. The van der Waals surface area contributed by atoms with Crippen molar-refractivity contribution in [3.8, 4) is 5.75 Å². The summed E-state index contributed by atoms with van der Waals surface area (Å²) in [5.74, 6) is 0.718. The molecule has 0 heterocycles. The van der Waals surface area contributed by atoms with Gasteiger partial charge in [-0.15, -0.1) is 0 Å². The van der Waals surface area contributed by atoms with E-state index in [2.05, 4.69) is 0 Å². The quantitative estimate of drug-likeness (QED) is 0.591. The molecule has 3 heteroatoms. The molecule has 0 fully saturated rings. The maximum absolute atomic E-state index is 12.0. The standard InChI is InChI=1S/C17H15ClO2/c1-2-20-16-9-7-14(8-10-16)17(19)11-6-13-4-3-5-15(18)12-13/h3-12H,2H2,1H3/b11-6+. The minimum Gasteiger partial charge on any atom is -0.494 e. The van der Waals surface area contributed by atoms with Crippen LogP contribution in [0.5, 0.6) is 5.75 Å². The van der Waals surface area contributed by atoms with Crippen LogP contribution in [0.15, 0.2) is 54.6 Å². The van der Waals surface area contributed by atoms with E-state index in [0.717, 1.165) is 11.3 Å². The predicted molar refractivity (Wildman–Crippen MR) is 82.4 cm³/mol. The first-order valence-electron chi connectivity index (χ1n) is 6.40. The summed E-state index contributed by atoms with van der Waals surface area (Å²) >= 11 is 5.89. The third kappa shape index (κ3) is 3.97.